The topological polar surface area (TPSA) is 31.4 Å². The van der Waals surface area contributed by atoms with E-state index < -0.39 is 0 Å². The second-order valence-electron chi connectivity index (χ2n) is 2.94. The van der Waals surface area contributed by atoms with Crippen molar-refractivity contribution < 1.29 is 9.47 Å². The highest BCUT2D eigenvalue weighted by Crippen LogP contribution is 2.29. The Morgan fingerprint density at radius 3 is 3.15 bits per heavy atom. The Bertz CT molecular complexity index is 347. The molecule has 0 saturated heterocycles. The van der Waals surface area contributed by atoms with Gasteiger partial charge in [0.2, 0.25) is 5.88 Å². The number of hydrogen-bond acceptors (Lipinski definition) is 3. The predicted molar refractivity (Wildman–Crippen MR) is 49.5 cm³/mol. The quantitative estimate of drug-likeness (QED) is 0.653. The minimum absolute atomic E-state index is 0.561. The molecule has 0 N–H and O–H groups in total. The largest absolute Gasteiger partial charge is 0.481 e. The van der Waals surface area contributed by atoms with Crippen LogP contribution in [-0.2, 0) is 11.3 Å². The van der Waals surface area contributed by atoms with Crippen LogP contribution in [0.5, 0.6) is 5.88 Å². The lowest BCUT2D eigenvalue weighted by molar-refractivity contribution is 0.143. The molecule has 1 aromatic heterocycles. The van der Waals surface area contributed by atoms with Gasteiger partial charge in [-0.3, -0.25) is 0 Å². The van der Waals surface area contributed by atoms with Crippen LogP contribution < -0.4 is 4.74 Å². The molecule has 0 atom stereocenters. The summed E-state index contributed by atoms with van der Waals surface area (Å²) >= 11 is 0. The summed E-state index contributed by atoms with van der Waals surface area (Å²) < 4.78 is 10.5. The van der Waals surface area contributed by atoms with Gasteiger partial charge in [0.25, 0.3) is 0 Å². The molecule has 0 aromatic carbocycles. The lowest BCUT2D eigenvalue weighted by Crippen LogP contribution is -2.10. The molecule has 0 amide bonds. The van der Waals surface area contributed by atoms with Crippen molar-refractivity contribution in [3.8, 4) is 5.88 Å². The van der Waals surface area contributed by atoms with Crippen molar-refractivity contribution in [2.24, 2.45) is 0 Å². The van der Waals surface area contributed by atoms with E-state index in [9.17, 15) is 0 Å². The fraction of sp³-hybridized carbons (Fsp3) is 0.300. The van der Waals surface area contributed by atoms with Gasteiger partial charge in [-0.25, -0.2) is 4.98 Å². The van der Waals surface area contributed by atoms with Gasteiger partial charge in [0.15, 0.2) is 0 Å². The molecule has 0 spiro atoms. The zero-order valence-electron chi connectivity index (χ0n) is 7.54. The molecular formula is C10H11NO2. The molecule has 13 heavy (non-hydrogen) atoms. The van der Waals surface area contributed by atoms with Gasteiger partial charge in [-0.15, -0.1) is 0 Å². The van der Waals surface area contributed by atoms with Crippen LogP contribution in [0.3, 0.4) is 0 Å². The summed E-state index contributed by atoms with van der Waals surface area (Å²) in [6, 6.07) is 1.95. The summed E-state index contributed by atoms with van der Waals surface area (Å²) in [5.74, 6) is 0.637. The van der Waals surface area contributed by atoms with E-state index in [1.807, 2.05) is 6.07 Å². The molecule has 0 saturated carbocycles. The van der Waals surface area contributed by atoms with Gasteiger partial charge in [-0.05, 0) is 17.2 Å². The maximum Gasteiger partial charge on any atom is 0.219 e. The fourth-order valence-electron chi connectivity index (χ4n) is 1.47. The molecule has 3 heteroatoms. The standard InChI is InChI=1S/C10H11NO2/c1-7-5-13-6-9-8(7)3-4-11-10(9)12-2/h3-4H,1,5-6H2,2H3. The first kappa shape index (κ1) is 8.26. The molecule has 0 bridgehead atoms. The Kier molecular flexibility index (Phi) is 2.02. The van der Waals surface area contributed by atoms with Crippen molar-refractivity contribution in [2.45, 2.75) is 6.61 Å². The van der Waals surface area contributed by atoms with Crippen LogP contribution in [0.25, 0.3) is 5.57 Å². The SMILES string of the molecule is C=C1COCc2c1ccnc2OC. The van der Waals surface area contributed by atoms with Crippen LogP contribution in [0.1, 0.15) is 11.1 Å². The van der Waals surface area contributed by atoms with Crippen molar-refractivity contribution >= 4 is 5.57 Å². The van der Waals surface area contributed by atoms with Gasteiger partial charge < -0.3 is 9.47 Å². The monoisotopic (exact) mass is 177 g/mol. The van der Waals surface area contributed by atoms with E-state index in [2.05, 4.69) is 11.6 Å². The average molecular weight is 177 g/mol. The molecule has 2 heterocycles. The molecular weight excluding hydrogens is 166 g/mol. The molecule has 68 valence electrons. The average Bonchev–Trinajstić information content (AvgIpc) is 2.18. The summed E-state index contributed by atoms with van der Waals surface area (Å²) in [4.78, 5) is 4.10. The molecule has 1 aliphatic heterocycles. The Morgan fingerprint density at radius 1 is 1.54 bits per heavy atom. The Labute approximate surface area is 77.0 Å². The van der Waals surface area contributed by atoms with Gasteiger partial charge in [-0.1, -0.05) is 6.58 Å². The van der Waals surface area contributed by atoms with Crippen LogP contribution in [0.2, 0.25) is 0 Å². The van der Waals surface area contributed by atoms with E-state index in [1.54, 1.807) is 13.3 Å². The molecule has 2 rings (SSSR count). The van der Waals surface area contributed by atoms with Gasteiger partial charge in [0.1, 0.15) is 0 Å². The summed E-state index contributed by atoms with van der Waals surface area (Å²) in [6.07, 6.45) is 1.73. The van der Waals surface area contributed by atoms with Crippen LogP contribution in [0, 0.1) is 0 Å². The van der Waals surface area contributed by atoms with E-state index in [0.29, 0.717) is 19.1 Å². The first-order valence-corrected chi connectivity index (χ1v) is 4.10. The lowest BCUT2D eigenvalue weighted by atomic mass is 10.0. The highest BCUT2D eigenvalue weighted by Gasteiger charge is 2.17. The fourth-order valence-corrected chi connectivity index (χ4v) is 1.47. The van der Waals surface area contributed by atoms with Crippen molar-refractivity contribution in [1.82, 2.24) is 4.98 Å². The van der Waals surface area contributed by atoms with E-state index in [-0.39, 0.29) is 0 Å². The zero-order valence-corrected chi connectivity index (χ0v) is 7.54. The van der Waals surface area contributed by atoms with E-state index in [0.717, 1.165) is 16.7 Å². The second kappa shape index (κ2) is 3.18. The maximum atomic E-state index is 5.33. The number of fused-ring (bicyclic) bond motifs is 1. The Hall–Kier alpha value is -1.35. The first-order valence-electron chi connectivity index (χ1n) is 4.10. The Morgan fingerprint density at radius 2 is 2.38 bits per heavy atom. The minimum atomic E-state index is 0.561. The van der Waals surface area contributed by atoms with Crippen LogP contribution >= 0.6 is 0 Å². The molecule has 0 radical (unpaired) electrons. The first-order chi connectivity index (χ1) is 6.33. The molecule has 0 aliphatic carbocycles. The summed E-state index contributed by atoms with van der Waals surface area (Å²) in [7, 11) is 1.61. The van der Waals surface area contributed by atoms with E-state index in [4.69, 9.17) is 9.47 Å². The van der Waals surface area contributed by atoms with Crippen molar-refractivity contribution in [3.63, 3.8) is 0 Å². The molecule has 0 fully saturated rings. The summed E-state index contributed by atoms with van der Waals surface area (Å²) in [5.41, 5.74) is 3.10. The number of pyridine rings is 1. The molecule has 0 unspecified atom stereocenters. The minimum Gasteiger partial charge on any atom is -0.481 e. The number of aromatic nitrogens is 1. The zero-order chi connectivity index (χ0) is 9.26. The van der Waals surface area contributed by atoms with Crippen molar-refractivity contribution in [1.29, 1.82) is 0 Å². The number of methoxy groups -OCH3 is 1. The number of nitrogens with zero attached hydrogens (tertiary/aromatic N) is 1. The number of hydrogen-bond donors (Lipinski definition) is 0. The van der Waals surface area contributed by atoms with Crippen LogP contribution in [0.4, 0.5) is 0 Å². The van der Waals surface area contributed by atoms with Gasteiger partial charge >= 0.3 is 0 Å². The smallest absolute Gasteiger partial charge is 0.219 e. The van der Waals surface area contributed by atoms with E-state index in [1.165, 1.54) is 0 Å². The normalized spacial score (nSPS) is 15.3. The van der Waals surface area contributed by atoms with Crippen LogP contribution in [0.15, 0.2) is 18.8 Å². The van der Waals surface area contributed by atoms with Crippen LogP contribution in [-0.4, -0.2) is 18.7 Å². The van der Waals surface area contributed by atoms with Gasteiger partial charge in [-0.2, -0.15) is 0 Å². The van der Waals surface area contributed by atoms with E-state index >= 15 is 0 Å². The third kappa shape index (κ3) is 1.31. The molecule has 1 aliphatic rings. The summed E-state index contributed by atoms with van der Waals surface area (Å²) in [5, 5.41) is 0. The molecule has 1 aromatic rings. The predicted octanol–water partition coefficient (Wildman–Crippen LogP) is 1.63. The second-order valence-corrected chi connectivity index (χ2v) is 2.94. The third-order valence-corrected chi connectivity index (χ3v) is 2.11. The summed E-state index contributed by atoms with van der Waals surface area (Å²) in [6.45, 7) is 5.08. The lowest BCUT2D eigenvalue weighted by Gasteiger charge is -2.19. The van der Waals surface area contributed by atoms with Crippen molar-refractivity contribution in [3.05, 3.63) is 30.0 Å². The maximum absolute atomic E-state index is 5.33. The number of ether oxygens (including phenoxy) is 2. The number of rotatable bonds is 1. The van der Waals surface area contributed by atoms with Crippen molar-refractivity contribution in [2.75, 3.05) is 13.7 Å². The Balaban J connectivity index is 2.54. The highest BCUT2D eigenvalue weighted by molar-refractivity contribution is 5.69. The highest BCUT2D eigenvalue weighted by atomic mass is 16.5. The van der Waals surface area contributed by atoms with Gasteiger partial charge in [0, 0.05) is 11.8 Å². The molecule has 3 nitrogen and oxygen atoms in total. The third-order valence-electron chi connectivity index (χ3n) is 2.11. The van der Waals surface area contributed by atoms with Gasteiger partial charge in [0.05, 0.1) is 20.3 Å².